The minimum Gasteiger partial charge on any atom is -0.462 e. The second-order valence-corrected chi connectivity index (χ2v) is 4.62. The molecular weight excluding hydrogens is 275 g/mol. The lowest BCUT2D eigenvalue weighted by Gasteiger charge is -2.33. The Balaban J connectivity index is 2.98. The highest BCUT2D eigenvalue weighted by Crippen LogP contribution is 2.23. The van der Waals surface area contributed by atoms with Gasteiger partial charge >= 0.3 is 23.6 Å². The van der Waals surface area contributed by atoms with Gasteiger partial charge in [0, 0.05) is 6.92 Å². The van der Waals surface area contributed by atoms with E-state index in [4.69, 9.17) is 0 Å². The van der Waals surface area contributed by atoms with Crippen molar-refractivity contribution >= 4 is 23.9 Å². The van der Waals surface area contributed by atoms with Crippen LogP contribution in [0.15, 0.2) is 0 Å². The third-order valence-corrected chi connectivity index (χ3v) is 2.31. The van der Waals surface area contributed by atoms with Crippen molar-refractivity contribution in [2.75, 3.05) is 6.61 Å². The molecule has 20 heavy (non-hydrogen) atoms. The SMILES string of the molecule is CC(=O)OC1NC(=O)NC(=O)C1(F)C(=O)OCC(C)C. The van der Waals surface area contributed by atoms with Crippen molar-refractivity contribution in [1.82, 2.24) is 10.6 Å². The molecule has 0 bridgehead atoms. The lowest BCUT2D eigenvalue weighted by Crippen LogP contribution is -2.71. The Bertz CT molecular complexity index is 450. The maximum atomic E-state index is 14.6. The molecule has 3 amide bonds. The van der Waals surface area contributed by atoms with Crippen molar-refractivity contribution < 1.29 is 33.0 Å². The molecule has 1 heterocycles. The quantitative estimate of drug-likeness (QED) is 0.539. The first-order valence-electron chi connectivity index (χ1n) is 5.83. The first kappa shape index (κ1) is 15.9. The van der Waals surface area contributed by atoms with Gasteiger partial charge in [0.25, 0.3) is 5.91 Å². The second-order valence-electron chi connectivity index (χ2n) is 4.62. The van der Waals surface area contributed by atoms with Crippen LogP contribution in [0.5, 0.6) is 0 Å². The Labute approximate surface area is 114 Å². The standard InChI is InChI=1S/C11H15FN2O6/c1-5(2)4-19-9(17)11(12)7(16)13-10(18)14-8(11)20-6(3)15/h5,8H,4H2,1-3H3,(H2,13,14,16,18). The zero-order valence-electron chi connectivity index (χ0n) is 11.2. The molecule has 1 aliphatic rings. The van der Waals surface area contributed by atoms with E-state index in [1.807, 2.05) is 5.32 Å². The van der Waals surface area contributed by atoms with Gasteiger partial charge in [-0.2, -0.15) is 0 Å². The molecule has 0 aromatic rings. The summed E-state index contributed by atoms with van der Waals surface area (Å²) in [5, 5.41) is 3.43. The fourth-order valence-electron chi connectivity index (χ4n) is 1.39. The number of ether oxygens (including phenoxy) is 2. The van der Waals surface area contributed by atoms with E-state index in [2.05, 4.69) is 9.47 Å². The second kappa shape index (κ2) is 5.85. The van der Waals surface area contributed by atoms with E-state index in [1.165, 1.54) is 0 Å². The molecule has 2 unspecified atom stereocenters. The van der Waals surface area contributed by atoms with Gasteiger partial charge in [-0.25, -0.2) is 14.0 Å². The van der Waals surface area contributed by atoms with E-state index >= 15 is 0 Å². The van der Waals surface area contributed by atoms with Crippen LogP contribution < -0.4 is 10.6 Å². The van der Waals surface area contributed by atoms with Crippen molar-refractivity contribution in [2.45, 2.75) is 32.7 Å². The third kappa shape index (κ3) is 3.22. The van der Waals surface area contributed by atoms with Gasteiger partial charge in [-0.05, 0) is 5.92 Å². The van der Waals surface area contributed by atoms with Crippen LogP contribution in [0.4, 0.5) is 9.18 Å². The van der Waals surface area contributed by atoms with Crippen LogP contribution in [0, 0.1) is 5.92 Å². The number of hydrogen-bond donors (Lipinski definition) is 2. The number of imide groups is 1. The van der Waals surface area contributed by atoms with Crippen LogP contribution in [0.2, 0.25) is 0 Å². The molecular formula is C11H15FN2O6. The van der Waals surface area contributed by atoms with Gasteiger partial charge in [-0.1, -0.05) is 13.8 Å². The number of amides is 3. The number of carbonyl (C=O) groups excluding carboxylic acids is 4. The maximum absolute atomic E-state index is 14.6. The Morgan fingerprint density at radius 2 is 2.00 bits per heavy atom. The molecule has 9 heteroatoms. The highest BCUT2D eigenvalue weighted by atomic mass is 19.1. The summed E-state index contributed by atoms with van der Waals surface area (Å²) in [4.78, 5) is 45.3. The zero-order chi connectivity index (χ0) is 15.5. The average molecular weight is 290 g/mol. The van der Waals surface area contributed by atoms with Crippen molar-refractivity contribution in [3.05, 3.63) is 0 Å². The molecule has 1 fully saturated rings. The molecule has 1 saturated heterocycles. The predicted molar refractivity (Wildman–Crippen MR) is 61.9 cm³/mol. The first-order chi connectivity index (χ1) is 9.17. The van der Waals surface area contributed by atoms with Crippen molar-refractivity contribution in [1.29, 1.82) is 0 Å². The Hall–Kier alpha value is -2.19. The Morgan fingerprint density at radius 3 is 2.50 bits per heavy atom. The van der Waals surface area contributed by atoms with Gasteiger partial charge < -0.3 is 9.47 Å². The van der Waals surface area contributed by atoms with E-state index in [1.54, 1.807) is 19.2 Å². The smallest absolute Gasteiger partial charge is 0.360 e. The van der Waals surface area contributed by atoms with Crippen LogP contribution in [0.1, 0.15) is 20.8 Å². The topological polar surface area (TPSA) is 111 Å². The zero-order valence-corrected chi connectivity index (χ0v) is 11.2. The van der Waals surface area contributed by atoms with Crippen LogP contribution in [0.25, 0.3) is 0 Å². The summed E-state index contributed by atoms with van der Waals surface area (Å²) in [6.07, 6.45) is -2.07. The highest BCUT2D eigenvalue weighted by Gasteiger charge is 2.61. The normalized spacial score (nSPS) is 25.8. The summed E-state index contributed by atoms with van der Waals surface area (Å²) in [5.41, 5.74) is -3.32. The van der Waals surface area contributed by atoms with Crippen LogP contribution in [0.3, 0.4) is 0 Å². The van der Waals surface area contributed by atoms with Gasteiger partial charge in [0.05, 0.1) is 6.61 Å². The molecule has 0 saturated carbocycles. The number of rotatable bonds is 4. The highest BCUT2D eigenvalue weighted by molar-refractivity contribution is 6.14. The molecule has 112 valence electrons. The Kier molecular flexibility index (Phi) is 4.64. The molecule has 2 atom stereocenters. The molecule has 8 nitrogen and oxygen atoms in total. The Morgan fingerprint density at radius 1 is 1.40 bits per heavy atom. The van der Waals surface area contributed by atoms with Gasteiger partial charge in [0.1, 0.15) is 0 Å². The number of urea groups is 1. The van der Waals surface area contributed by atoms with Crippen LogP contribution in [-0.4, -0.2) is 42.4 Å². The summed E-state index contributed by atoms with van der Waals surface area (Å²) in [6.45, 7) is 4.24. The lowest BCUT2D eigenvalue weighted by molar-refractivity contribution is -0.183. The first-order valence-corrected chi connectivity index (χ1v) is 5.83. The number of halogens is 1. The number of carbonyl (C=O) groups is 4. The molecule has 0 aromatic heterocycles. The van der Waals surface area contributed by atoms with Crippen molar-refractivity contribution in [2.24, 2.45) is 5.92 Å². The molecule has 0 spiro atoms. The summed E-state index contributed by atoms with van der Waals surface area (Å²) in [5.74, 6) is -4.13. The number of nitrogens with one attached hydrogen (secondary N) is 2. The number of hydrogen-bond acceptors (Lipinski definition) is 6. The van der Waals surface area contributed by atoms with E-state index in [0.717, 1.165) is 6.92 Å². The number of alkyl halides is 1. The summed E-state index contributed by atoms with van der Waals surface area (Å²) >= 11 is 0. The van der Waals surface area contributed by atoms with Gasteiger partial charge in [0.15, 0.2) is 0 Å². The molecule has 1 aliphatic heterocycles. The van der Waals surface area contributed by atoms with Crippen LogP contribution >= 0.6 is 0 Å². The minimum absolute atomic E-state index is 0.0871. The molecule has 1 rings (SSSR count). The fourth-order valence-corrected chi connectivity index (χ4v) is 1.39. The van der Waals surface area contributed by atoms with Crippen molar-refractivity contribution in [3.63, 3.8) is 0 Å². The average Bonchev–Trinajstić information content (AvgIpc) is 2.31. The van der Waals surface area contributed by atoms with Crippen molar-refractivity contribution in [3.8, 4) is 0 Å². The molecule has 0 radical (unpaired) electrons. The number of esters is 2. The fraction of sp³-hybridized carbons (Fsp3) is 0.636. The maximum Gasteiger partial charge on any atom is 0.360 e. The van der Waals surface area contributed by atoms with E-state index in [9.17, 15) is 23.6 Å². The van der Waals surface area contributed by atoms with Gasteiger partial charge in [-0.3, -0.25) is 20.2 Å². The predicted octanol–water partition coefficient (Wildman–Crippen LogP) is -0.377. The summed E-state index contributed by atoms with van der Waals surface area (Å²) < 4.78 is 23.7. The van der Waals surface area contributed by atoms with E-state index in [0.29, 0.717) is 0 Å². The largest absolute Gasteiger partial charge is 0.462 e. The summed E-state index contributed by atoms with van der Waals surface area (Å²) in [7, 11) is 0. The minimum atomic E-state index is -3.32. The molecule has 0 aliphatic carbocycles. The third-order valence-electron chi connectivity index (χ3n) is 2.31. The summed E-state index contributed by atoms with van der Waals surface area (Å²) in [6, 6.07) is -1.08. The van der Waals surface area contributed by atoms with Gasteiger partial charge in [0.2, 0.25) is 6.23 Å². The molecule has 0 aromatic carbocycles. The van der Waals surface area contributed by atoms with Crippen LogP contribution in [-0.2, 0) is 23.9 Å². The van der Waals surface area contributed by atoms with Gasteiger partial charge in [-0.15, -0.1) is 0 Å². The molecule has 2 N–H and O–H groups in total. The lowest BCUT2D eigenvalue weighted by atomic mass is 10.0. The van der Waals surface area contributed by atoms with E-state index < -0.39 is 35.8 Å². The van der Waals surface area contributed by atoms with E-state index in [-0.39, 0.29) is 12.5 Å². The monoisotopic (exact) mass is 290 g/mol.